The van der Waals surface area contributed by atoms with Crippen molar-refractivity contribution in [2.45, 2.75) is 19.8 Å². The van der Waals surface area contributed by atoms with Crippen LogP contribution in [0.1, 0.15) is 28.8 Å². The van der Waals surface area contributed by atoms with Gasteiger partial charge in [0.05, 0.1) is 23.0 Å². The second kappa shape index (κ2) is 10.3. The molecule has 0 unspecified atom stereocenters. The molecule has 1 aromatic heterocycles. The Labute approximate surface area is 196 Å². The van der Waals surface area contributed by atoms with Crippen LogP contribution in [0.4, 0.5) is 10.8 Å². The third kappa shape index (κ3) is 5.21. The highest BCUT2D eigenvalue weighted by atomic mass is 32.1. The molecule has 0 bridgehead atoms. The second-order valence-electron chi connectivity index (χ2n) is 7.57. The number of benzene rings is 3. The first-order chi connectivity index (χ1) is 16.1. The maximum atomic E-state index is 13.3. The second-order valence-corrected chi connectivity index (χ2v) is 8.58. The molecule has 0 radical (unpaired) electrons. The molecule has 168 valence electrons. The topological polar surface area (TPSA) is 71.5 Å². The molecule has 0 aliphatic rings. The molecule has 0 saturated heterocycles. The first kappa shape index (κ1) is 22.5. The van der Waals surface area contributed by atoms with E-state index in [9.17, 15) is 9.59 Å². The zero-order chi connectivity index (χ0) is 23.2. The fourth-order valence-electron chi connectivity index (χ4n) is 3.51. The molecule has 0 fully saturated rings. The lowest BCUT2D eigenvalue weighted by molar-refractivity contribution is -0.118. The highest BCUT2D eigenvalue weighted by Gasteiger charge is 2.22. The Kier molecular flexibility index (Phi) is 7.00. The molecule has 4 aromatic rings. The first-order valence-corrected chi connectivity index (χ1v) is 11.5. The van der Waals surface area contributed by atoms with E-state index < -0.39 is 0 Å². The molecular formula is C26H25N3O3S. The van der Waals surface area contributed by atoms with Gasteiger partial charge in [-0.2, -0.15) is 0 Å². The molecule has 0 spiro atoms. The van der Waals surface area contributed by atoms with Crippen LogP contribution >= 0.6 is 11.3 Å². The number of nitrogens with one attached hydrogen (secondary N) is 1. The predicted molar refractivity (Wildman–Crippen MR) is 133 cm³/mol. The summed E-state index contributed by atoms with van der Waals surface area (Å²) in [6.45, 7) is 2.38. The first-order valence-electron chi connectivity index (χ1n) is 10.7. The highest BCUT2D eigenvalue weighted by molar-refractivity contribution is 7.22. The fraction of sp³-hybridized carbons (Fsp3) is 0.192. The van der Waals surface area contributed by atoms with Crippen LogP contribution in [0.3, 0.4) is 0 Å². The summed E-state index contributed by atoms with van der Waals surface area (Å²) in [5.41, 5.74) is 3.25. The van der Waals surface area contributed by atoms with Crippen LogP contribution in [-0.2, 0) is 4.79 Å². The van der Waals surface area contributed by atoms with Gasteiger partial charge in [0, 0.05) is 18.5 Å². The minimum Gasteiger partial charge on any atom is -0.497 e. The van der Waals surface area contributed by atoms with Gasteiger partial charge < -0.3 is 10.1 Å². The van der Waals surface area contributed by atoms with Gasteiger partial charge in [-0.3, -0.25) is 14.5 Å². The minimum absolute atomic E-state index is 0.0537. The lowest BCUT2D eigenvalue weighted by Gasteiger charge is -2.22. The van der Waals surface area contributed by atoms with Gasteiger partial charge in [-0.1, -0.05) is 41.7 Å². The lowest BCUT2D eigenvalue weighted by Crippen LogP contribution is -2.29. The van der Waals surface area contributed by atoms with Gasteiger partial charge >= 0.3 is 0 Å². The summed E-state index contributed by atoms with van der Waals surface area (Å²) in [5.74, 6) is 0.470. The number of amides is 2. The minimum atomic E-state index is -0.174. The number of rotatable bonds is 8. The summed E-state index contributed by atoms with van der Waals surface area (Å²) < 4.78 is 6.15. The SMILES string of the molecule is COc1ccc(C(=O)NCCCC(=O)N(c2nc3ccccc3s2)c2ccccc2C)cc1. The monoisotopic (exact) mass is 459 g/mol. The van der Waals surface area contributed by atoms with E-state index in [1.165, 1.54) is 11.3 Å². The Morgan fingerprint density at radius 3 is 2.45 bits per heavy atom. The van der Waals surface area contributed by atoms with Gasteiger partial charge in [-0.15, -0.1) is 0 Å². The summed E-state index contributed by atoms with van der Waals surface area (Å²) in [6, 6.07) is 22.6. The van der Waals surface area contributed by atoms with E-state index in [-0.39, 0.29) is 18.2 Å². The number of anilines is 2. The number of fused-ring (bicyclic) bond motifs is 1. The summed E-state index contributed by atoms with van der Waals surface area (Å²) in [7, 11) is 1.58. The number of aromatic nitrogens is 1. The van der Waals surface area contributed by atoms with Crippen LogP contribution < -0.4 is 15.0 Å². The van der Waals surface area contributed by atoms with Crippen LogP contribution in [0.5, 0.6) is 5.75 Å². The molecule has 0 atom stereocenters. The van der Waals surface area contributed by atoms with Gasteiger partial charge in [0.2, 0.25) is 5.91 Å². The van der Waals surface area contributed by atoms with Crippen LogP contribution in [-0.4, -0.2) is 30.5 Å². The Morgan fingerprint density at radius 1 is 1.00 bits per heavy atom. The van der Waals surface area contributed by atoms with Crippen LogP contribution in [0.15, 0.2) is 72.8 Å². The molecule has 6 nitrogen and oxygen atoms in total. The maximum Gasteiger partial charge on any atom is 0.251 e. The van der Waals surface area contributed by atoms with E-state index in [0.717, 1.165) is 21.5 Å². The number of para-hydroxylation sites is 2. The van der Waals surface area contributed by atoms with Crippen molar-refractivity contribution in [3.63, 3.8) is 0 Å². The number of aryl methyl sites for hydroxylation is 1. The number of carbonyl (C=O) groups excluding carboxylic acids is 2. The normalized spacial score (nSPS) is 10.7. The van der Waals surface area contributed by atoms with Crippen molar-refractivity contribution in [1.82, 2.24) is 10.3 Å². The van der Waals surface area contributed by atoms with Crippen LogP contribution in [0.25, 0.3) is 10.2 Å². The zero-order valence-electron chi connectivity index (χ0n) is 18.6. The van der Waals surface area contributed by atoms with Crippen molar-refractivity contribution in [3.8, 4) is 5.75 Å². The van der Waals surface area contributed by atoms with Crippen molar-refractivity contribution >= 4 is 44.2 Å². The Bertz CT molecular complexity index is 1230. The molecule has 0 aliphatic heterocycles. The molecule has 0 saturated carbocycles. The predicted octanol–water partition coefficient (Wildman–Crippen LogP) is 5.49. The van der Waals surface area contributed by atoms with Gasteiger partial charge in [-0.25, -0.2) is 4.98 Å². The largest absolute Gasteiger partial charge is 0.497 e. The quantitative estimate of drug-likeness (QED) is 0.354. The summed E-state index contributed by atoms with van der Waals surface area (Å²) in [4.78, 5) is 32.1. The third-order valence-electron chi connectivity index (χ3n) is 5.28. The van der Waals surface area contributed by atoms with E-state index >= 15 is 0 Å². The number of hydrogen-bond donors (Lipinski definition) is 1. The van der Waals surface area contributed by atoms with Crippen LogP contribution in [0, 0.1) is 6.92 Å². The smallest absolute Gasteiger partial charge is 0.251 e. The average molecular weight is 460 g/mol. The molecule has 33 heavy (non-hydrogen) atoms. The van der Waals surface area contributed by atoms with Crippen molar-refractivity contribution in [3.05, 3.63) is 83.9 Å². The molecular weight excluding hydrogens is 434 g/mol. The van der Waals surface area contributed by atoms with Gasteiger partial charge in [0.25, 0.3) is 5.91 Å². The number of methoxy groups -OCH3 is 1. The molecule has 1 heterocycles. The Balaban J connectivity index is 1.44. The standard InChI is InChI=1S/C26H25N3O3S/c1-18-8-3-5-10-22(18)29(26-28-21-9-4-6-11-23(21)33-26)24(30)12-7-17-27-25(31)19-13-15-20(32-2)16-14-19/h3-6,8-11,13-16H,7,12,17H2,1-2H3,(H,27,31). The number of ether oxygens (including phenoxy) is 1. The third-order valence-corrected chi connectivity index (χ3v) is 6.31. The summed E-state index contributed by atoms with van der Waals surface area (Å²) >= 11 is 1.50. The highest BCUT2D eigenvalue weighted by Crippen LogP contribution is 2.35. The summed E-state index contributed by atoms with van der Waals surface area (Å²) in [5, 5.41) is 3.53. The van der Waals surface area contributed by atoms with Gasteiger partial charge in [-0.05, 0) is 61.4 Å². The number of thiazole rings is 1. The van der Waals surface area contributed by atoms with E-state index in [1.807, 2.05) is 55.5 Å². The van der Waals surface area contributed by atoms with Crippen molar-refractivity contribution in [2.75, 3.05) is 18.6 Å². The number of nitrogens with zero attached hydrogens (tertiary/aromatic N) is 2. The van der Waals surface area contributed by atoms with Gasteiger partial charge in [0.15, 0.2) is 5.13 Å². The van der Waals surface area contributed by atoms with Crippen molar-refractivity contribution < 1.29 is 14.3 Å². The van der Waals surface area contributed by atoms with Crippen molar-refractivity contribution in [2.24, 2.45) is 0 Å². The van der Waals surface area contributed by atoms with E-state index in [2.05, 4.69) is 5.32 Å². The molecule has 0 aliphatic carbocycles. The molecule has 3 aromatic carbocycles. The molecule has 7 heteroatoms. The van der Waals surface area contributed by atoms with E-state index in [4.69, 9.17) is 9.72 Å². The average Bonchev–Trinajstić information content (AvgIpc) is 3.27. The lowest BCUT2D eigenvalue weighted by atomic mass is 10.1. The molecule has 2 amide bonds. The van der Waals surface area contributed by atoms with E-state index in [1.54, 1.807) is 36.3 Å². The summed E-state index contributed by atoms with van der Waals surface area (Å²) in [6.07, 6.45) is 0.807. The number of carbonyl (C=O) groups is 2. The Hall–Kier alpha value is -3.71. The van der Waals surface area contributed by atoms with Crippen molar-refractivity contribution in [1.29, 1.82) is 0 Å². The molecule has 4 rings (SSSR count). The fourth-order valence-corrected chi connectivity index (χ4v) is 4.51. The molecule has 1 N–H and O–H groups in total. The zero-order valence-corrected chi connectivity index (χ0v) is 19.4. The maximum absolute atomic E-state index is 13.3. The Morgan fingerprint density at radius 2 is 1.73 bits per heavy atom. The van der Waals surface area contributed by atoms with Gasteiger partial charge in [0.1, 0.15) is 5.75 Å². The number of hydrogen-bond acceptors (Lipinski definition) is 5. The van der Waals surface area contributed by atoms with E-state index in [0.29, 0.717) is 29.4 Å². The van der Waals surface area contributed by atoms with Crippen LogP contribution in [0.2, 0.25) is 0 Å².